The van der Waals surface area contributed by atoms with Crippen LogP contribution in [0.4, 0.5) is 13.2 Å². The number of hydrogen-bond donors (Lipinski definition) is 1. The lowest BCUT2D eigenvalue weighted by Crippen LogP contribution is -2.44. The van der Waals surface area contributed by atoms with Crippen LogP contribution in [0.5, 0.6) is 0 Å². The molecular weight excluding hydrogens is 391 g/mol. The van der Waals surface area contributed by atoms with Crippen LogP contribution >= 0.6 is 0 Å². The minimum Gasteiger partial charge on any atom is -0.352 e. The molecule has 2 fully saturated rings. The molecule has 0 saturated carbocycles. The molecule has 2 aliphatic heterocycles. The summed E-state index contributed by atoms with van der Waals surface area (Å²) in [6, 6.07) is 0. The summed E-state index contributed by atoms with van der Waals surface area (Å²) >= 11 is 0. The van der Waals surface area contributed by atoms with Crippen LogP contribution < -0.4 is 5.32 Å². The van der Waals surface area contributed by atoms with Gasteiger partial charge in [0.05, 0.1) is 17.7 Å². The molecule has 11 heteroatoms. The molecule has 3 rings (SSSR count). The highest BCUT2D eigenvalue weighted by Crippen LogP contribution is 2.26. The van der Waals surface area contributed by atoms with Crippen LogP contribution in [0.1, 0.15) is 29.6 Å². The number of nitrogens with zero attached hydrogens (tertiary/aromatic N) is 4. The minimum absolute atomic E-state index is 0.171. The highest BCUT2D eigenvalue weighted by molar-refractivity contribution is 5.93. The second-order valence-corrected chi connectivity index (χ2v) is 7.67. The molecule has 8 nitrogen and oxygen atoms in total. The van der Waals surface area contributed by atoms with Crippen molar-refractivity contribution in [1.82, 2.24) is 24.9 Å². The molecule has 0 spiro atoms. The molecule has 0 aliphatic carbocycles. The second-order valence-electron chi connectivity index (χ2n) is 7.67. The van der Waals surface area contributed by atoms with E-state index < -0.39 is 24.5 Å². The Morgan fingerprint density at radius 3 is 2.55 bits per heavy atom. The van der Waals surface area contributed by atoms with Crippen LogP contribution in [0.15, 0.2) is 12.4 Å². The van der Waals surface area contributed by atoms with Gasteiger partial charge in [0.1, 0.15) is 6.54 Å². The molecule has 0 aromatic carbocycles. The summed E-state index contributed by atoms with van der Waals surface area (Å²) < 4.78 is 39.1. The van der Waals surface area contributed by atoms with Gasteiger partial charge in [-0.2, -0.15) is 18.3 Å². The summed E-state index contributed by atoms with van der Waals surface area (Å²) in [5, 5.41) is 6.81. The quantitative estimate of drug-likeness (QED) is 0.771. The smallest absolute Gasteiger partial charge is 0.352 e. The van der Waals surface area contributed by atoms with E-state index in [-0.39, 0.29) is 30.7 Å². The lowest BCUT2D eigenvalue weighted by Gasteiger charge is -2.33. The average molecular weight is 415 g/mol. The number of rotatable bonds is 5. The Morgan fingerprint density at radius 2 is 1.97 bits per heavy atom. The Bertz CT molecular complexity index is 771. The molecule has 1 N–H and O–H groups in total. The van der Waals surface area contributed by atoms with Crippen LogP contribution in [0, 0.1) is 11.8 Å². The summed E-state index contributed by atoms with van der Waals surface area (Å²) in [5.41, 5.74) is 0.481. The van der Waals surface area contributed by atoms with Crippen molar-refractivity contribution < 1.29 is 27.6 Å². The zero-order valence-electron chi connectivity index (χ0n) is 16.1. The Hall–Kier alpha value is -2.59. The second kappa shape index (κ2) is 8.42. The topological polar surface area (TPSA) is 87.5 Å². The summed E-state index contributed by atoms with van der Waals surface area (Å²) in [4.78, 5) is 38.8. The van der Waals surface area contributed by atoms with Gasteiger partial charge in [0.15, 0.2) is 0 Å². The van der Waals surface area contributed by atoms with Gasteiger partial charge in [-0.15, -0.1) is 0 Å². The van der Waals surface area contributed by atoms with Crippen molar-refractivity contribution in [3.05, 3.63) is 18.0 Å². The van der Waals surface area contributed by atoms with Gasteiger partial charge in [0.25, 0.3) is 5.91 Å². The Morgan fingerprint density at radius 1 is 1.28 bits per heavy atom. The van der Waals surface area contributed by atoms with Crippen LogP contribution in [-0.4, -0.2) is 76.2 Å². The zero-order valence-corrected chi connectivity index (χ0v) is 16.1. The number of piperidine rings is 1. The number of halogens is 3. The van der Waals surface area contributed by atoms with E-state index in [1.165, 1.54) is 6.20 Å². The Kier molecular flexibility index (Phi) is 6.13. The van der Waals surface area contributed by atoms with Crippen LogP contribution in [-0.2, 0) is 16.6 Å². The van der Waals surface area contributed by atoms with Crippen LogP contribution in [0.2, 0.25) is 0 Å². The van der Waals surface area contributed by atoms with E-state index in [2.05, 4.69) is 10.4 Å². The molecule has 3 amide bonds. The first-order chi connectivity index (χ1) is 13.6. The van der Waals surface area contributed by atoms with Crippen molar-refractivity contribution in [2.24, 2.45) is 18.9 Å². The van der Waals surface area contributed by atoms with Crippen molar-refractivity contribution >= 4 is 17.7 Å². The molecular formula is C18H24F3N5O3. The Balaban J connectivity index is 1.43. The predicted octanol–water partition coefficient (Wildman–Crippen LogP) is 0.799. The first-order valence-electron chi connectivity index (χ1n) is 9.52. The third kappa shape index (κ3) is 5.48. The minimum atomic E-state index is -4.47. The molecule has 0 bridgehead atoms. The lowest BCUT2D eigenvalue weighted by atomic mass is 9.95. The molecule has 1 aromatic heterocycles. The van der Waals surface area contributed by atoms with Crippen LogP contribution in [0.25, 0.3) is 0 Å². The van der Waals surface area contributed by atoms with Crippen molar-refractivity contribution in [3.8, 4) is 0 Å². The van der Waals surface area contributed by atoms with Gasteiger partial charge in [0, 0.05) is 45.8 Å². The summed E-state index contributed by atoms with van der Waals surface area (Å²) in [5.74, 6) is -1.60. The number of alkyl halides is 3. The van der Waals surface area contributed by atoms with Gasteiger partial charge in [-0.05, 0) is 18.8 Å². The fourth-order valence-corrected chi connectivity index (χ4v) is 3.80. The maximum Gasteiger partial charge on any atom is 0.406 e. The van der Waals surface area contributed by atoms with E-state index in [9.17, 15) is 27.6 Å². The van der Waals surface area contributed by atoms with Gasteiger partial charge >= 0.3 is 6.18 Å². The highest BCUT2D eigenvalue weighted by Gasteiger charge is 2.42. The molecule has 2 aliphatic rings. The van der Waals surface area contributed by atoms with Crippen molar-refractivity contribution in [2.45, 2.75) is 25.4 Å². The summed E-state index contributed by atoms with van der Waals surface area (Å²) in [7, 11) is 1.73. The molecule has 29 heavy (non-hydrogen) atoms. The number of hydrogen-bond acceptors (Lipinski definition) is 4. The van der Waals surface area contributed by atoms with Crippen molar-refractivity contribution in [3.63, 3.8) is 0 Å². The summed E-state index contributed by atoms with van der Waals surface area (Å²) in [6.45, 7) is -0.0733. The lowest BCUT2D eigenvalue weighted by molar-refractivity contribution is -0.157. The van der Waals surface area contributed by atoms with E-state index in [4.69, 9.17) is 0 Å². The monoisotopic (exact) mass is 415 g/mol. The van der Waals surface area contributed by atoms with Gasteiger partial charge in [0.2, 0.25) is 11.8 Å². The zero-order chi connectivity index (χ0) is 21.2. The first kappa shape index (κ1) is 21.1. The van der Waals surface area contributed by atoms with E-state index >= 15 is 0 Å². The average Bonchev–Trinajstić information content (AvgIpc) is 3.24. The molecule has 160 valence electrons. The fourth-order valence-electron chi connectivity index (χ4n) is 3.80. The number of aromatic nitrogens is 2. The first-order valence-corrected chi connectivity index (χ1v) is 9.52. The van der Waals surface area contributed by atoms with Gasteiger partial charge < -0.3 is 15.1 Å². The Labute approximate surface area is 166 Å². The standard InChI is InChI=1S/C18H24F3N5O3/c1-24-9-14(8-23-24)16(28)22-7-12-2-4-25(5-3-12)17(29)13-6-15(27)26(10-13)11-18(19,20)21/h8-9,12-13H,2-7,10-11H2,1H3,(H,22,28). The number of amides is 3. The largest absolute Gasteiger partial charge is 0.406 e. The molecule has 2 saturated heterocycles. The number of nitrogens with one attached hydrogen (secondary N) is 1. The molecule has 1 unspecified atom stereocenters. The van der Waals surface area contributed by atoms with Crippen molar-refractivity contribution in [2.75, 3.05) is 32.7 Å². The van der Waals surface area contributed by atoms with E-state index in [0.717, 1.165) is 0 Å². The van der Waals surface area contributed by atoms with Gasteiger partial charge in [-0.3, -0.25) is 19.1 Å². The molecule has 0 radical (unpaired) electrons. The number of aryl methyl sites for hydroxylation is 1. The highest BCUT2D eigenvalue weighted by atomic mass is 19.4. The van der Waals surface area contributed by atoms with E-state index in [0.29, 0.717) is 42.9 Å². The van der Waals surface area contributed by atoms with E-state index in [1.807, 2.05) is 0 Å². The van der Waals surface area contributed by atoms with Crippen molar-refractivity contribution in [1.29, 1.82) is 0 Å². The SMILES string of the molecule is Cn1cc(C(=O)NCC2CCN(C(=O)C3CC(=O)N(CC(F)(F)F)C3)CC2)cn1. The normalized spacial score (nSPS) is 21.0. The van der Waals surface area contributed by atoms with Crippen LogP contribution in [0.3, 0.4) is 0 Å². The number of likely N-dealkylation sites (tertiary alicyclic amines) is 2. The molecule has 1 atom stereocenters. The van der Waals surface area contributed by atoms with E-state index in [1.54, 1.807) is 22.8 Å². The third-order valence-corrected chi connectivity index (χ3v) is 5.38. The maximum atomic E-state index is 12.6. The number of carbonyl (C=O) groups is 3. The fraction of sp³-hybridized carbons (Fsp3) is 0.667. The maximum absolute atomic E-state index is 12.6. The third-order valence-electron chi connectivity index (χ3n) is 5.38. The van der Waals surface area contributed by atoms with Gasteiger partial charge in [-0.1, -0.05) is 0 Å². The number of carbonyl (C=O) groups excluding carboxylic acids is 3. The molecule has 3 heterocycles. The van der Waals surface area contributed by atoms with Gasteiger partial charge in [-0.25, -0.2) is 0 Å². The molecule has 1 aromatic rings. The predicted molar refractivity (Wildman–Crippen MR) is 95.6 cm³/mol. The summed E-state index contributed by atoms with van der Waals surface area (Å²) in [6.07, 6.45) is -0.149.